The lowest BCUT2D eigenvalue weighted by molar-refractivity contribution is -0.115. The van der Waals surface area contributed by atoms with E-state index in [-0.39, 0.29) is 17.9 Å². The smallest absolute Gasteiger partial charge is 0.258 e. The molecule has 0 fully saturated rings. The number of carbonyl (C=O) groups excluding carboxylic acids is 2. The fourth-order valence-electron chi connectivity index (χ4n) is 3.37. The zero-order valence-electron chi connectivity index (χ0n) is 13.4. The third-order valence-electron chi connectivity index (χ3n) is 4.51. The first kappa shape index (κ1) is 15.3. The summed E-state index contributed by atoms with van der Waals surface area (Å²) in [6.45, 7) is 2.07. The van der Waals surface area contributed by atoms with E-state index in [1.54, 1.807) is 11.8 Å². The summed E-state index contributed by atoms with van der Waals surface area (Å²) in [5, 5.41) is 2.91. The maximum Gasteiger partial charge on any atom is 0.258 e. The molecule has 2 aromatic rings. The summed E-state index contributed by atoms with van der Waals surface area (Å²) in [6, 6.07) is 13.8. The quantitative estimate of drug-likeness (QED) is 0.862. The Balaban J connectivity index is 1.69. The fraction of sp³-hybridized carbons (Fsp3) is 0.263. The van der Waals surface area contributed by atoms with Crippen molar-refractivity contribution < 1.29 is 9.59 Å². The predicted octanol–water partition coefficient (Wildman–Crippen LogP) is 3.71. The number of thioether (sulfide) groups is 1. The number of amides is 2. The van der Waals surface area contributed by atoms with Crippen molar-refractivity contribution >= 4 is 35.0 Å². The topological polar surface area (TPSA) is 49.4 Å². The van der Waals surface area contributed by atoms with Gasteiger partial charge >= 0.3 is 0 Å². The normalized spacial score (nSPS) is 19.3. The number of para-hydroxylation sites is 1. The van der Waals surface area contributed by atoms with Crippen LogP contribution in [0.1, 0.15) is 29.3 Å². The highest BCUT2D eigenvalue weighted by atomic mass is 32.2. The van der Waals surface area contributed by atoms with Gasteiger partial charge in [0.15, 0.2) is 0 Å². The largest absolute Gasteiger partial charge is 0.325 e. The molecule has 0 bridgehead atoms. The molecular formula is C19H18N2O2S. The molecule has 0 radical (unpaired) electrons. The van der Waals surface area contributed by atoms with Crippen molar-refractivity contribution in [2.45, 2.75) is 30.7 Å². The summed E-state index contributed by atoms with van der Waals surface area (Å²) in [6.07, 6.45) is 1.37. The minimum Gasteiger partial charge on any atom is -0.325 e. The van der Waals surface area contributed by atoms with Crippen molar-refractivity contribution in [3.63, 3.8) is 0 Å². The fourth-order valence-corrected chi connectivity index (χ4v) is 4.30. The monoisotopic (exact) mass is 338 g/mol. The number of nitrogens with zero attached hydrogens (tertiary/aromatic N) is 1. The molecule has 0 saturated heterocycles. The van der Waals surface area contributed by atoms with Gasteiger partial charge in [0, 0.05) is 34.4 Å². The Kier molecular flexibility index (Phi) is 3.81. The first-order chi connectivity index (χ1) is 11.6. The van der Waals surface area contributed by atoms with Gasteiger partial charge in [0.25, 0.3) is 5.91 Å². The molecule has 0 saturated carbocycles. The zero-order valence-corrected chi connectivity index (χ0v) is 14.2. The molecule has 5 heteroatoms. The number of anilines is 2. The van der Waals surface area contributed by atoms with Crippen LogP contribution in [0, 0.1) is 0 Å². The average molecular weight is 338 g/mol. The van der Waals surface area contributed by atoms with Crippen LogP contribution >= 0.6 is 11.8 Å². The minimum absolute atomic E-state index is 0.00531. The molecule has 0 aromatic heterocycles. The van der Waals surface area contributed by atoms with Gasteiger partial charge < -0.3 is 10.2 Å². The highest BCUT2D eigenvalue weighted by molar-refractivity contribution is 7.99. The highest BCUT2D eigenvalue weighted by Gasteiger charge is 2.31. The lowest BCUT2D eigenvalue weighted by Crippen LogP contribution is -2.35. The summed E-state index contributed by atoms with van der Waals surface area (Å²) >= 11 is 1.65. The molecule has 0 aliphatic carbocycles. The van der Waals surface area contributed by atoms with Gasteiger partial charge in [0.1, 0.15) is 0 Å². The van der Waals surface area contributed by atoms with Crippen molar-refractivity contribution in [3.05, 3.63) is 53.6 Å². The van der Waals surface area contributed by atoms with Gasteiger partial charge in [-0.2, -0.15) is 0 Å². The summed E-state index contributed by atoms with van der Waals surface area (Å²) in [5.41, 5.74) is 3.55. The van der Waals surface area contributed by atoms with Gasteiger partial charge in [0.05, 0.1) is 5.69 Å². The van der Waals surface area contributed by atoms with Crippen LogP contribution in [-0.2, 0) is 11.2 Å². The molecule has 2 amide bonds. The van der Waals surface area contributed by atoms with E-state index in [1.165, 1.54) is 5.56 Å². The van der Waals surface area contributed by atoms with Crippen LogP contribution in [0.25, 0.3) is 0 Å². The summed E-state index contributed by atoms with van der Waals surface area (Å²) in [5.74, 6) is 0.757. The van der Waals surface area contributed by atoms with E-state index in [2.05, 4.69) is 18.3 Å². The number of nitrogens with one attached hydrogen (secondary N) is 1. The van der Waals surface area contributed by atoms with E-state index >= 15 is 0 Å². The summed E-state index contributed by atoms with van der Waals surface area (Å²) < 4.78 is 0. The van der Waals surface area contributed by atoms with Gasteiger partial charge in [-0.3, -0.25) is 9.59 Å². The van der Waals surface area contributed by atoms with Crippen molar-refractivity contribution in [1.82, 2.24) is 0 Å². The maximum atomic E-state index is 13.1. The SMILES string of the molecule is CC1Cc2ccccc2N1C(=O)c1ccc2c(c1)NC(=O)CCS2. The van der Waals surface area contributed by atoms with Gasteiger partial charge in [0.2, 0.25) is 5.91 Å². The second kappa shape index (κ2) is 5.98. The first-order valence-electron chi connectivity index (χ1n) is 8.11. The molecule has 2 aromatic carbocycles. The number of benzene rings is 2. The van der Waals surface area contributed by atoms with Crippen LogP contribution in [-0.4, -0.2) is 23.6 Å². The Morgan fingerprint density at radius 3 is 2.96 bits per heavy atom. The third kappa shape index (κ3) is 2.59. The molecular weight excluding hydrogens is 320 g/mol. The third-order valence-corrected chi connectivity index (χ3v) is 5.59. The van der Waals surface area contributed by atoms with E-state index in [0.717, 1.165) is 28.4 Å². The number of carbonyl (C=O) groups is 2. The van der Waals surface area contributed by atoms with Gasteiger partial charge in [-0.15, -0.1) is 11.8 Å². The molecule has 0 spiro atoms. The van der Waals surface area contributed by atoms with Crippen LogP contribution in [0.3, 0.4) is 0 Å². The molecule has 2 heterocycles. The highest BCUT2D eigenvalue weighted by Crippen LogP contribution is 2.35. The van der Waals surface area contributed by atoms with Gasteiger partial charge in [-0.25, -0.2) is 0 Å². The Bertz CT molecular complexity index is 834. The number of fused-ring (bicyclic) bond motifs is 2. The van der Waals surface area contributed by atoms with E-state index in [0.29, 0.717) is 12.0 Å². The molecule has 2 aliphatic heterocycles. The molecule has 1 atom stereocenters. The minimum atomic E-state index is -0.0151. The van der Waals surface area contributed by atoms with Gasteiger partial charge in [-0.1, -0.05) is 18.2 Å². The Labute approximate surface area is 145 Å². The van der Waals surface area contributed by atoms with Crippen LogP contribution < -0.4 is 10.2 Å². The lowest BCUT2D eigenvalue weighted by Gasteiger charge is -2.23. The number of hydrogen-bond acceptors (Lipinski definition) is 3. The van der Waals surface area contributed by atoms with Crippen molar-refractivity contribution in [2.75, 3.05) is 16.0 Å². The van der Waals surface area contributed by atoms with Crippen LogP contribution in [0.2, 0.25) is 0 Å². The Morgan fingerprint density at radius 1 is 1.25 bits per heavy atom. The second-order valence-electron chi connectivity index (χ2n) is 6.21. The van der Waals surface area contributed by atoms with E-state index < -0.39 is 0 Å². The Hall–Kier alpha value is -2.27. The number of hydrogen-bond donors (Lipinski definition) is 1. The summed E-state index contributed by atoms with van der Waals surface area (Å²) in [7, 11) is 0. The van der Waals surface area contributed by atoms with E-state index in [4.69, 9.17) is 0 Å². The van der Waals surface area contributed by atoms with Crippen LogP contribution in [0.15, 0.2) is 47.4 Å². The lowest BCUT2D eigenvalue weighted by atomic mass is 10.1. The average Bonchev–Trinajstić information content (AvgIpc) is 2.78. The zero-order chi connectivity index (χ0) is 16.7. The molecule has 24 heavy (non-hydrogen) atoms. The van der Waals surface area contributed by atoms with Crippen molar-refractivity contribution in [3.8, 4) is 0 Å². The van der Waals surface area contributed by atoms with Gasteiger partial charge in [-0.05, 0) is 43.2 Å². The van der Waals surface area contributed by atoms with Crippen molar-refractivity contribution in [2.24, 2.45) is 0 Å². The van der Waals surface area contributed by atoms with Crippen molar-refractivity contribution in [1.29, 1.82) is 0 Å². The van der Waals surface area contributed by atoms with Crippen LogP contribution in [0.4, 0.5) is 11.4 Å². The molecule has 122 valence electrons. The van der Waals surface area contributed by atoms with E-state index in [9.17, 15) is 9.59 Å². The van der Waals surface area contributed by atoms with E-state index in [1.807, 2.05) is 41.3 Å². The molecule has 1 unspecified atom stereocenters. The molecule has 1 N–H and O–H groups in total. The number of rotatable bonds is 1. The van der Waals surface area contributed by atoms with Crippen LogP contribution in [0.5, 0.6) is 0 Å². The standard InChI is InChI=1S/C19H18N2O2S/c1-12-10-13-4-2-3-5-16(13)21(12)19(23)14-6-7-17-15(11-14)20-18(22)8-9-24-17/h2-7,11-12H,8-10H2,1H3,(H,20,22). The summed E-state index contributed by atoms with van der Waals surface area (Å²) in [4.78, 5) is 27.7. The molecule has 4 nitrogen and oxygen atoms in total. The molecule has 4 rings (SSSR count). The molecule has 2 aliphatic rings. The Morgan fingerprint density at radius 2 is 2.08 bits per heavy atom. The maximum absolute atomic E-state index is 13.1. The predicted molar refractivity (Wildman–Crippen MR) is 96.8 cm³/mol. The second-order valence-corrected chi connectivity index (χ2v) is 7.35. The first-order valence-corrected chi connectivity index (χ1v) is 9.10.